The van der Waals surface area contributed by atoms with E-state index in [1.807, 2.05) is 16.8 Å². The number of carbonyl (C=O) groups is 1. The molecule has 2 saturated heterocycles. The Labute approximate surface area is 278 Å². The fourth-order valence-corrected chi connectivity index (χ4v) is 6.69. The van der Waals surface area contributed by atoms with E-state index in [0.29, 0.717) is 42.8 Å². The van der Waals surface area contributed by atoms with Gasteiger partial charge in [-0.25, -0.2) is 18.7 Å². The summed E-state index contributed by atoms with van der Waals surface area (Å²) in [5.41, 5.74) is -0.599. The minimum absolute atomic E-state index is 0. The summed E-state index contributed by atoms with van der Waals surface area (Å²) in [6.07, 6.45) is -0.672. The van der Waals surface area contributed by atoms with E-state index < -0.39 is 29.3 Å². The van der Waals surface area contributed by atoms with Crippen molar-refractivity contribution in [3.8, 4) is 11.3 Å². The molecule has 232 valence electrons. The molecule has 2 atom stereocenters. The summed E-state index contributed by atoms with van der Waals surface area (Å²) in [5.74, 6) is -2.86. The van der Waals surface area contributed by atoms with Crippen LogP contribution in [0.2, 0.25) is 0 Å². The second kappa shape index (κ2) is 14.4. The molecule has 0 amide bonds. The van der Waals surface area contributed by atoms with Crippen molar-refractivity contribution in [1.29, 1.82) is 0 Å². The van der Waals surface area contributed by atoms with E-state index in [2.05, 4.69) is 27.1 Å². The molecule has 5 rings (SSSR count). The molecule has 2 fully saturated rings. The summed E-state index contributed by atoms with van der Waals surface area (Å²) in [6, 6.07) is 4.22. The van der Waals surface area contributed by atoms with Crippen LogP contribution in [-0.4, -0.2) is 71.0 Å². The van der Waals surface area contributed by atoms with Crippen LogP contribution in [0.5, 0.6) is 0 Å². The van der Waals surface area contributed by atoms with Crippen molar-refractivity contribution in [3.05, 3.63) is 52.5 Å². The SMILES string of the molecule is C[C@@H]1CCCN1Cc1sc(Nc2nccc(N3CC[C@H](N(C)CCC(=O)[O-])C3)c2F)nc1-c1cc(F)cc(C(F)(F)F)c1.[Na+]. The van der Waals surface area contributed by atoms with Crippen molar-refractivity contribution < 1.29 is 61.4 Å². The number of likely N-dealkylation sites (N-methyl/N-ethyl adjacent to an activating group) is 1. The fourth-order valence-electron chi connectivity index (χ4n) is 5.68. The molecule has 8 nitrogen and oxygen atoms in total. The Bertz CT molecular complexity index is 1470. The number of carboxylic acid groups (broad SMARTS) is 1. The van der Waals surface area contributed by atoms with Gasteiger partial charge < -0.3 is 25.0 Å². The van der Waals surface area contributed by atoms with Crippen LogP contribution in [0.3, 0.4) is 0 Å². The van der Waals surface area contributed by atoms with Crippen LogP contribution < -0.4 is 44.9 Å². The number of rotatable bonds is 10. The first-order valence-corrected chi connectivity index (χ1v) is 14.9. The fraction of sp³-hybridized carbons (Fsp3) is 0.483. The summed E-state index contributed by atoms with van der Waals surface area (Å²) in [5, 5.41) is 14.0. The number of pyridine rings is 1. The van der Waals surface area contributed by atoms with Crippen LogP contribution in [0.4, 0.5) is 38.6 Å². The molecule has 0 saturated carbocycles. The van der Waals surface area contributed by atoms with Gasteiger partial charge in [-0.15, -0.1) is 0 Å². The first kappa shape index (κ1) is 34.5. The standard InChI is InChI=1S/C29H33F5N6O2S.Na/c1-17-4-3-9-39(17)16-23-26(18-12-19(29(32,33)34)14-20(30)13-18)36-28(43-23)37-27-25(31)22(5-8-35-27)40-11-6-21(15-40)38(2)10-7-24(41)42;/h5,8,12-14,17,21H,3-4,6-7,9-11,15-16H2,1-2H3,(H,41,42)(H,35,36,37);/q;+1/p-1/t17-,21+;/m1./s1. The maximum absolute atomic E-state index is 15.8. The predicted molar refractivity (Wildman–Crippen MR) is 152 cm³/mol. The van der Waals surface area contributed by atoms with Crippen molar-refractivity contribution in [2.75, 3.05) is 43.4 Å². The first-order chi connectivity index (χ1) is 20.4. The monoisotopic (exact) mass is 646 g/mol. The average molecular weight is 647 g/mol. The summed E-state index contributed by atoms with van der Waals surface area (Å²) in [6.45, 7) is 4.67. The Balaban J connectivity index is 0.00000442. The van der Waals surface area contributed by atoms with Crippen LogP contribution in [0.15, 0.2) is 30.5 Å². The average Bonchev–Trinajstić information content (AvgIpc) is 3.69. The number of hydrogen-bond donors (Lipinski definition) is 1. The number of anilines is 3. The molecule has 3 aromatic rings. The molecule has 15 heteroatoms. The van der Waals surface area contributed by atoms with Gasteiger partial charge in [-0.05, 0) is 70.5 Å². The number of likely N-dealkylation sites (tertiary alicyclic amines) is 1. The summed E-state index contributed by atoms with van der Waals surface area (Å²) >= 11 is 1.17. The number of halogens is 5. The Morgan fingerprint density at radius 2 is 1.98 bits per heavy atom. The van der Waals surface area contributed by atoms with Crippen molar-refractivity contribution >= 4 is 33.9 Å². The number of nitrogens with zero attached hydrogens (tertiary/aromatic N) is 5. The van der Waals surface area contributed by atoms with Crippen molar-refractivity contribution in [1.82, 2.24) is 19.8 Å². The molecule has 1 aromatic carbocycles. The minimum atomic E-state index is -4.73. The number of hydrogen-bond acceptors (Lipinski definition) is 9. The van der Waals surface area contributed by atoms with Crippen LogP contribution in [0.1, 0.15) is 43.0 Å². The van der Waals surface area contributed by atoms with Gasteiger partial charge in [0.2, 0.25) is 0 Å². The number of aromatic nitrogens is 2. The van der Waals surface area contributed by atoms with Gasteiger partial charge in [-0.1, -0.05) is 11.3 Å². The zero-order valence-electron chi connectivity index (χ0n) is 24.8. The van der Waals surface area contributed by atoms with Crippen LogP contribution in [0.25, 0.3) is 11.3 Å². The Morgan fingerprint density at radius 1 is 1.20 bits per heavy atom. The summed E-state index contributed by atoms with van der Waals surface area (Å²) in [7, 11) is 1.82. The van der Waals surface area contributed by atoms with Gasteiger partial charge in [-0.3, -0.25) is 4.90 Å². The van der Waals surface area contributed by atoms with Gasteiger partial charge >= 0.3 is 35.7 Å². The molecule has 2 aromatic heterocycles. The van der Waals surface area contributed by atoms with Gasteiger partial charge in [0, 0.05) is 60.9 Å². The van der Waals surface area contributed by atoms with Gasteiger partial charge in [0.25, 0.3) is 0 Å². The Kier molecular flexibility index (Phi) is 11.3. The van der Waals surface area contributed by atoms with E-state index in [-0.39, 0.29) is 70.3 Å². The zero-order chi connectivity index (χ0) is 30.9. The maximum Gasteiger partial charge on any atom is 1.00 e. The van der Waals surface area contributed by atoms with Crippen molar-refractivity contribution in [2.24, 2.45) is 0 Å². The number of nitrogens with one attached hydrogen (secondary N) is 1. The number of aliphatic carboxylic acids is 1. The van der Waals surface area contributed by atoms with E-state index in [1.165, 1.54) is 17.5 Å². The third-order valence-corrected chi connectivity index (χ3v) is 9.08. The quantitative estimate of drug-likeness (QED) is 0.264. The van der Waals surface area contributed by atoms with Gasteiger partial charge in [0.15, 0.2) is 16.8 Å². The second-order valence-corrected chi connectivity index (χ2v) is 12.2. The van der Waals surface area contributed by atoms with E-state index in [9.17, 15) is 27.5 Å². The van der Waals surface area contributed by atoms with E-state index >= 15 is 4.39 Å². The van der Waals surface area contributed by atoms with Crippen LogP contribution >= 0.6 is 11.3 Å². The zero-order valence-corrected chi connectivity index (χ0v) is 27.6. The topological polar surface area (TPSA) is 87.7 Å². The Hall–Kier alpha value is -2.36. The number of thiazole rings is 1. The maximum atomic E-state index is 15.8. The first-order valence-electron chi connectivity index (χ1n) is 14.1. The van der Waals surface area contributed by atoms with Crippen LogP contribution in [-0.2, 0) is 17.5 Å². The minimum Gasteiger partial charge on any atom is -0.550 e. The predicted octanol–water partition coefficient (Wildman–Crippen LogP) is 1.88. The molecule has 4 heterocycles. The molecule has 2 aliphatic heterocycles. The molecule has 44 heavy (non-hydrogen) atoms. The van der Waals surface area contributed by atoms with Crippen molar-refractivity contribution in [2.45, 2.75) is 57.4 Å². The molecule has 2 aliphatic rings. The van der Waals surface area contributed by atoms with E-state index in [4.69, 9.17) is 0 Å². The van der Waals surface area contributed by atoms with E-state index in [1.54, 1.807) is 6.07 Å². The van der Waals surface area contributed by atoms with E-state index in [0.717, 1.165) is 37.9 Å². The molecular weight excluding hydrogens is 614 g/mol. The molecule has 1 N–H and O–H groups in total. The molecule has 0 aliphatic carbocycles. The molecule has 0 radical (unpaired) electrons. The van der Waals surface area contributed by atoms with Gasteiger partial charge in [-0.2, -0.15) is 13.2 Å². The number of carbonyl (C=O) groups excluding carboxylic acids is 1. The largest absolute Gasteiger partial charge is 1.00 e. The normalized spacial score (nSPS) is 19.0. The molecular formula is C29H32F5N6NaO2S. The third kappa shape index (κ3) is 8.07. The Morgan fingerprint density at radius 3 is 2.66 bits per heavy atom. The second-order valence-electron chi connectivity index (χ2n) is 11.1. The third-order valence-electron chi connectivity index (χ3n) is 8.12. The summed E-state index contributed by atoms with van der Waals surface area (Å²) < 4.78 is 70.6. The van der Waals surface area contributed by atoms with Gasteiger partial charge in [0.1, 0.15) is 5.82 Å². The number of alkyl halides is 3. The van der Waals surface area contributed by atoms with Gasteiger partial charge in [0.05, 0.1) is 16.9 Å². The summed E-state index contributed by atoms with van der Waals surface area (Å²) in [4.78, 5) is 26.1. The molecule has 0 unspecified atom stereocenters. The smallest absolute Gasteiger partial charge is 0.550 e. The number of benzene rings is 1. The molecule has 0 bridgehead atoms. The molecule has 0 spiro atoms. The van der Waals surface area contributed by atoms with Crippen molar-refractivity contribution in [3.63, 3.8) is 0 Å². The number of carboxylic acids is 1. The van der Waals surface area contributed by atoms with Crippen LogP contribution in [0, 0.1) is 11.6 Å².